The monoisotopic (exact) mass is 795 g/mol. The predicted molar refractivity (Wildman–Crippen MR) is 180 cm³/mol. The number of hydrogen-bond donors (Lipinski definition) is 1. The Bertz CT molecular complexity index is 2090. The molecule has 21 heteroatoms. The second kappa shape index (κ2) is 15.2. The lowest BCUT2D eigenvalue weighted by molar-refractivity contribution is -0.0666. The molecule has 288 valence electrons. The molecular weight excluding hydrogens is 763 g/mol. The van der Waals surface area contributed by atoms with Gasteiger partial charge in [0.2, 0.25) is 31.6 Å². The minimum atomic E-state index is -4.80. The molecule has 1 N–H and O–H groups in total. The summed E-state index contributed by atoms with van der Waals surface area (Å²) in [6, 6.07) is 9.54. The van der Waals surface area contributed by atoms with Crippen LogP contribution in [0.1, 0.15) is 40.0 Å². The van der Waals surface area contributed by atoms with Crippen LogP contribution in [0.15, 0.2) is 46.1 Å². The Morgan fingerprint density at radius 1 is 1.00 bits per heavy atom. The van der Waals surface area contributed by atoms with E-state index in [2.05, 4.69) is 24.4 Å². The molecule has 4 heterocycles. The van der Waals surface area contributed by atoms with Gasteiger partial charge in [-0.05, 0) is 42.5 Å². The number of phosphoric acid groups is 1. The average molecular weight is 796 g/mol. The fourth-order valence-electron chi connectivity index (χ4n) is 6.20. The van der Waals surface area contributed by atoms with Crippen molar-refractivity contribution in [3.8, 4) is 17.0 Å². The van der Waals surface area contributed by atoms with E-state index in [1.807, 2.05) is 24.3 Å². The number of nitrogens with one attached hydrogen (secondary N) is 1. The molecule has 2 aromatic carbocycles. The molecular formula is C33H32F2N3O14PS. The van der Waals surface area contributed by atoms with Gasteiger partial charge in [0.25, 0.3) is 5.91 Å². The number of ether oxygens (including phenoxy) is 6. The molecule has 2 fully saturated rings. The molecule has 54 heavy (non-hydrogen) atoms. The van der Waals surface area contributed by atoms with Crippen LogP contribution >= 0.6 is 19.6 Å². The highest BCUT2D eigenvalue weighted by Gasteiger charge is 2.53. The first-order valence-corrected chi connectivity index (χ1v) is 18.7. The molecule has 1 aliphatic carbocycles. The number of pyridine rings is 1. The van der Waals surface area contributed by atoms with Crippen LogP contribution in [0, 0.1) is 11.6 Å². The molecule has 0 unspecified atom stereocenters. The van der Waals surface area contributed by atoms with Crippen LogP contribution in [0.5, 0.6) is 5.75 Å². The molecule has 1 atom stereocenters. The third-order valence-electron chi connectivity index (χ3n) is 9.05. The molecule has 1 saturated carbocycles. The summed E-state index contributed by atoms with van der Waals surface area (Å²) in [4.78, 5) is 53.5. The zero-order chi connectivity index (χ0) is 38.2. The highest BCUT2D eigenvalue weighted by atomic mass is 32.2. The number of morpholine rings is 1. The van der Waals surface area contributed by atoms with E-state index in [0.717, 1.165) is 49.7 Å². The first-order valence-electron chi connectivity index (χ1n) is 16.2. The summed E-state index contributed by atoms with van der Waals surface area (Å²) < 4.78 is 90.0. The zero-order valence-electron chi connectivity index (χ0n) is 28.6. The maximum atomic E-state index is 15.4. The number of halogens is 2. The van der Waals surface area contributed by atoms with Crippen molar-refractivity contribution in [2.24, 2.45) is 0 Å². The summed E-state index contributed by atoms with van der Waals surface area (Å²) in [7, 11) is -2.78. The molecule has 0 radical (unpaired) electrons. The molecule has 3 aliphatic heterocycles. The summed E-state index contributed by atoms with van der Waals surface area (Å²) in [5, 5.41) is 0. The van der Waals surface area contributed by atoms with Gasteiger partial charge < -0.3 is 38.7 Å². The summed E-state index contributed by atoms with van der Waals surface area (Å²) >= 11 is 1.35. The lowest BCUT2D eigenvalue weighted by Gasteiger charge is -2.45. The molecule has 1 spiro atoms. The number of aromatic nitrogens is 1. The number of rotatable bonds is 11. The first kappa shape index (κ1) is 37.6. The van der Waals surface area contributed by atoms with Gasteiger partial charge in [-0.1, -0.05) is 18.2 Å². The van der Waals surface area contributed by atoms with Gasteiger partial charge in [-0.3, -0.25) is 9.59 Å². The lowest BCUT2D eigenvalue weighted by Crippen LogP contribution is -2.62. The van der Waals surface area contributed by atoms with Crippen molar-refractivity contribution in [3.63, 3.8) is 0 Å². The predicted octanol–water partition coefficient (Wildman–Crippen LogP) is 4.85. The third-order valence-corrected chi connectivity index (χ3v) is 11.5. The van der Waals surface area contributed by atoms with Gasteiger partial charge in [0.1, 0.15) is 6.17 Å². The average Bonchev–Trinajstić information content (AvgIpc) is 3.95. The smallest absolute Gasteiger partial charge is 0.460 e. The van der Waals surface area contributed by atoms with Crippen molar-refractivity contribution >= 4 is 37.8 Å². The van der Waals surface area contributed by atoms with Crippen LogP contribution in [-0.4, -0.2) is 87.3 Å². The number of amides is 1. The van der Waals surface area contributed by atoms with Crippen LogP contribution in [0.25, 0.3) is 11.3 Å². The van der Waals surface area contributed by atoms with Gasteiger partial charge >= 0.3 is 20.1 Å². The Balaban J connectivity index is 1.26. The van der Waals surface area contributed by atoms with Crippen LogP contribution < -0.4 is 15.6 Å². The molecule has 17 nitrogen and oxygen atoms in total. The Labute approximate surface area is 309 Å². The number of thioether (sulfide) groups is 1. The minimum absolute atomic E-state index is 0.0414. The molecule has 3 aromatic rings. The topological polar surface area (TPSA) is 189 Å². The number of nitrogens with zero attached hydrogens (tertiary/aromatic N) is 2. The van der Waals surface area contributed by atoms with Crippen molar-refractivity contribution < 1.29 is 69.7 Å². The van der Waals surface area contributed by atoms with Crippen LogP contribution in [0.3, 0.4) is 0 Å². The maximum absolute atomic E-state index is 15.4. The number of benzene rings is 2. The molecule has 1 aromatic heterocycles. The number of carbonyl (C=O) groups excluding carboxylic acids is 3. The number of phosphoric ester groups is 1. The van der Waals surface area contributed by atoms with Gasteiger partial charge in [0.05, 0.1) is 38.7 Å². The van der Waals surface area contributed by atoms with E-state index in [9.17, 15) is 23.7 Å². The van der Waals surface area contributed by atoms with Crippen LogP contribution in [0.4, 0.5) is 18.4 Å². The van der Waals surface area contributed by atoms with Crippen LogP contribution in [-0.2, 0) is 54.0 Å². The van der Waals surface area contributed by atoms with Crippen molar-refractivity contribution in [1.29, 1.82) is 0 Å². The van der Waals surface area contributed by atoms with Crippen LogP contribution in [0.2, 0.25) is 0 Å². The van der Waals surface area contributed by atoms with E-state index in [4.69, 9.17) is 23.0 Å². The third kappa shape index (κ3) is 7.49. The van der Waals surface area contributed by atoms with Crippen molar-refractivity contribution in [2.75, 3.05) is 53.2 Å². The van der Waals surface area contributed by atoms with E-state index < -0.39 is 81.0 Å². The van der Waals surface area contributed by atoms with Gasteiger partial charge in [-0.25, -0.2) is 41.2 Å². The lowest BCUT2D eigenvalue weighted by atomic mass is 9.92. The molecule has 4 aliphatic rings. The summed E-state index contributed by atoms with van der Waals surface area (Å²) in [5.41, 5.74) is 3.07. The van der Waals surface area contributed by atoms with E-state index >= 15 is 8.78 Å². The maximum Gasteiger partial charge on any atom is 0.510 e. The molecule has 1 amide bonds. The number of methoxy groups -OCH3 is 2. The second-order valence-electron chi connectivity index (χ2n) is 12.3. The van der Waals surface area contributed by atoms with E-state index in [1.165, 1.54) is 21.3 Å². The summed E-state index contributed by atoms with van der Waals surface area (Å²) in [6.45, 7) is -2.80. The molecule has 0 bridgehead atoms. The van der Waals surface area contributed by atoms with Gasteiger partial charge in [-0.2, -0.15) is 0 Å². The Morgan fingerprint density at radius 3 is 2.37 bits per heavy atom. The van der Waals surface area contributed by atoms with Crippen molar-refractivity contribution in [2.45, 2.75) is 41.7 Å². The normalized spacial score (nSPS) is 17.9. The fourth-order valence-corrected chi connectivity index (χ4v) is 8.07. The number of carbonyl (C=O) groups is 3. The van der Waals surface area contributed by atoms with E-state index in [0.29, 0.717) is 5.56 Å². The highest BCUT2D eigenvalue weighted by Crippen LogP contribution is 2.50. The van der Waals surface area contributed by atoms with E-state index in [1.54, 1.807) is 0 Å². The molecule has 1 saturated heterocycles. The number of fused-ring (bicyclic) bond motifs is 4. The first-order chi connectivity index (χ1) is 25.9. The minimum Gasteiger partial charge on any atom is -0.460 e. The highest BCUT2D eigenvalue weighted by molar-refractivity contribution is 7.98. The van der Waals surface area contributed by atoms with Gasteiger partial charge in [-0.15, -0.1) is 11.8 Å². The molecule has 7 rings (SSSR count). The van der Waals surface area contributed by atoms with E-state index in [-0.39, 0.29) is 47.8 Å². The van der Waals surface area contributed by atoms with Crippen molar-refractivity contribution in [3.05, 3.63) is 80.6 Å². The summed E-state index contributed by atoms with van der Waals surface area (Å²) in [6.07, 6.45) is -1.47. The van der Waals surface area contributed by atoms with Gasteiger partial charge in [0.15, 0.2) is 17.3 Å². The standard InChI is InChI=1S/C33H32F2N3O14PS/c1-44-31(41)47-16-51-53(43,52-17-48-32(42)45-2)50-15-46-29-24(39)11-23(38-28(29)30(40)37-14-33(7-8-33)49-12-26(37)36-38)20-10-22(34)27(35)21-13-54-25-6-4-3-5-18(25)9-19(20)21/h3-6,10-11,26,36H,7-9,12-17H2,1-2H3/t26-/m0/s1. The second-order valence-corrected chi connectivity index (χ2v) is 14.9. The fraction of sp³-hybridized carbons (Fsp3) is 0.394. The zero-order valence-corrected chi connectivity index (χ0v) is 30.3. The largest absolute Gasteiger partial charge is 0.510 e. The Kier molecular flexibility index (Phi) is 10.6. The Hall–Kier alpha value is -4.72. The summed E-state index contributed by atoms with van der Waals surface area (Å²) in [5.74, 6) is -3.26. The van der Waals surface area contributed by atoms with Gasteiger partial charge in [0, 0.05) is 27.8 Å². The number of hydrogen-bond acceptors (Lipinski definition) is 16. The quantitative estimate of drug-likeness (QED) is 0.157. The van der Waals surface area contributed by atoms with Crippen molar-refractivity contribution in [1.82, 2.24) is 9.58 Å². The Morgan fingerprint density at radius 2 is 1.69 bits per heavy atom. The SMILES string of the molecule is COC(=O)OCOP(=O)(OCOC(=O)OC)OCOc1c2n(c(-c3cc(F)c(F)c4c3Cc3ccccc3SC4)cc1=O)N[C@@H]1COC3(CC3)CN1C2=O.